The third-order valence-electron chi connectivity index (χ3n) is 8.20. The molecule has 0 heterocycles. The fraction of sp³-hybridized carbons (Fsp3) is 0.512. The highest BCUT2D eigenvalue weighted by Gasteiger charge is 2.25. The van der Waals surface area contributed by atoms with E-state index in [1.807, 2.05) is 20.8 Å². The van der Waals surface area contributed by atoms with E-state index in [1.54, 1.807) is 24.3 Å². The molecule has 0 aliphatic rings. The quantitative estimate of drug-likeness (QED) is 0.151. The van der Waals surface area contributed by atoms with E-state index in [-0.39, 0.29) is 34.4 Å². The van der Waals surface area contributed by atoms with Crippen LogP contribution < -0.4 is 5.32 Å². The van der Waals surface area contributed by atoms with E-state index in [4.69, 9.17) is 9.47 Å². The number of ketones is 1. The van der Waals surface area contributed by atoms with Gasteiger partial charge >= 0.3 is 0 Å². The van der Waals surface area contributed by atoms with Gasteiger partial charge in [0.25, 0.3) is 0 Å². The number of ether oxygens (including phenoxy) is 2. The molecule has 3 rings (SSSR count). The first kappa shape index (κ1) is 37.2. The molecule has 1 amide bonds. The van der Waals surface area contributed by atoms with Gasteiger partial charge in [-0.15, -0.1) is 0 Å². The maximum absolute atomic E-state index is 13.7. The summed E-state index contributed by atoms with van der Waals surface area (Å²) in [6.45, 7) is 23.9. The highest BCUT2D eigenvalue weighted by Crippen LogP contribution is 2.25. The molecular weight excluding hydrogens is 570 g/mol. The molecule has 5 nitrogen and oxygen atoms in total. The monoisotopic (exact) mass is 627 g/mol. The molecule has 5 heteroatoms. The van der Waals surface area contributed by atoms with Gasteiger partial charge in [0.2, 0.25) is 18.0 Å². The number of rotatable bonds is 13. The van der Waals surface area contributed by atoms with Gasteiger partial charge < -0.3 is 14.8 Å². The predicted octanol–water partition coefficient (Wildman–Crippen LogP) is 9.57. The molecule has 0 saturated heterocycles. The zero-order chi connectivity index (χ0) is 34.3. The highest BCUT2D eigenvalue weighted by atomic mass is 16.7. The third-order valence-corrected chi connectivity index (χ3v) is 8.20. The number of nitrogens with one attached hydrogen (secondary N) is 1. The second-order valence-corrected chi connectivity index (χ2v) is 16.2. The Hall–Kier alpha value is -3.28. The molecule has 0 aliphatic heterocycles. The van der Waals surface area contributed by atoms with E-state index < -0.39 is 11.7 Å². The van der Waals surface area contributed by atoms with Gasteiger partial charge in [0.15, 0.2) is 0 Å². The minimum Gasteiger partial charge on any atom is -0.345 e. The van der Waals surface area contributed by atoms with Gasteiger partial charge in [0, 0.05) is 16.7 Å². The summed E-state index contributed by atoms with van der Waals surface area (Å²) in [5.74, 6) is 0.0681. The molecule has 0 fully saturated rings. The summed E-state index contributed by atoms with van der Waals surface area (Å²) in [6, 6.07) is 24.5. The lowest BCUT2D eigenvalue weighted by molar-refractivity contribution is -0.127. The van der Waals surface area contributed by atoms with Gasteiger partial charge in [0.1, 0.15) is 0 Å². The van der Waals surface area contributed by atoms with Crippen LogP contribution in [0.2, 0.25) is 0 Å². The Morgan fingerprint density at radius 1 is 0.609 bits per heavy atom. The standard InChI is InChI=1S/C41H57NO4/c1-28(24-30-12-18-33(19-13-30)39(3,4)5)26-45-37(36(43)32-16-22-35(23-17-32)42-38(44)41(9,10)11)46-27-29(2)25-31-14-20-34(21-15-31)40(6,7)8/h12-23,28-29,37H,24-27H2,1-11H3,(H,42,44). The molecule has 2 atom stereocenters. The predicted molar refractivity (Wildman–Crippen MR) is 191 cm³/mol. The summed E-state index contributed by atoms with van der Waals surface area (Å²) in [5.41, 5.74) is 5.94. The fourth-order valence-corrected chi connectivity index (χ4v) is 5.08. The molecule has 0 bridgehead atoms. The van der Waals surface area contributed by atoms with Crippen LogP contribution in [0.25, 0.3) is 0 Å². The number of benzene rings is 3. The summed E-state index contributed by atoms with van der Waals surface area (Å²) in [7, 11) is 0. The van der Waals surface area contributed by atoms with Crippen LogP contribution in [0.1, 0.15) is 109 Å². The van der Waals surface area contributed by atoms with Crippen LogP contribution in [0.4, 0.5) is 5.69 Å². The number of anilines is 1. The van der Waals surface area contributed by atoms with Crippen LogP contribution in [0.3, 0.4) is 0 Å². The topological polar surface area (TPSA) is 64.6 Å². The van der Waals surface area contributed by atoms with Crippen molar-refractivity contribution in [2.75, 3.05) is 18.5 Å². The van der Waals surface area contributed by atoms with Gasteiger partial charge in [-0.2, -0.15) is 0 Å². The lowest BCUT2D eigenvalue weighted by atomic mass is 9.86. The zero-order valence-electron chi connectivity index (χ0n) is 30.1. The summed E-state index contributed by atoms with van der Waals surface area (Å²) >= 11 is 0. The average molecular weight is 628 g/mol. The molecule has 46 heavy (non-hydrogen) atoms. The van der Waals surface area contributed by atoms with E-state index in [9.17, 15) is 9.59 Å². The van der Waals surface area contributed by atoms with Crippen LogP contribution in [-0.4, -0.2) is 31.2 Å². The summed E-state index contributed by atoms with van der Waals surface area (Å²) < 4.78 is 12.4. The molecule has 0 aliphatic carbocycles. The van der Waals surface area contributed by atoms with Crippen LogP contribution in [0.15, 0.2) is 72.8 Å². The van der Waals surface area contributed by atoms with Crippen molar-refractivity contribution in [1.29, 1.82) is 0 Å². The molecule has 250 valence electrons. The van der Waals surface area contributed by atoms with Crippen LogP contribution >= 0.6 is 0 Å². The van der Waals surface area contributed by atoms with Gasteiger partial charge in [-0.05, 0) is 82.0 Å². The Labute approximate surface area is 278 Å². The van der Waals surface area contributed by atoms with Crippen molar-refractivity contribution in [3.63, 3.8) is 0 Å². The van der Waals surface area contributed by atoms with Gasteiger partial charge in [-0.1, -0.05) is 125 Å². The molecule has 1 N–H and O–H groups in total. The second-order valence-electron chi connectivity index (χ2n) is 16.2. The van der Waals surface area contributed by atoms with Crippen LogP contribution in [0.5, 0.6) is 0 Å². The van der Waals surface area contributed by atoms with Crippen LogP contribution in [-0.2, 0) is 37.9 Å². The molecule has 0 saturated carbocycles. The number of hydrogen-bond acceptors (Lipinski definition) is 4. The van der Waals surface area contributed by atoms with Crippen molar-refractivity contribution in [3.05, 3.63) is 101 Å². The smallest absolute Gasteiger partial charge is 0.229 e. The molecule has 3 aromatic carbocycles. The van der Waals surface area contributed by atoms with Crippen molar-refractivity contribution < 1.29 is 19.1 Å². The second kappa shape index (κ2) is 15.5. The van der Waals surface area contributed by atoms with Crippen molar-refractivity contribution in [2.24, 2.45) is 17.3 Å². The Morgan fingerprint density at radius 2 is 1.00 bits per heavy atom. The Kier molecular flexibility index (Phi) is 12.6. The van der Waals surface area contributed by atoms with E-state index >= 15 is 0 Å². The van der Waals surface area contributed by atoms with Gasteiger partial charge in [-0.3, -0.25) is 9.59 Å². The van der Waals surface area contributed by atoms with E-state index in [0.29, 0.717) is 24.5 Å². The Bertz CT molecular complexity index is 1330. The first-order valence-electron chi connectivity index (χ1n) is 16.7. The zero-order valence-corrected chi connectivity index (χ0v) is 30.1. The molecule has 2 unspecified atom stereocenters. The van der Waals surface area contributed by atoms with Crippen LogP contribution in [0, 0.1) is 17.3 Å². The first-order chi connectivity index (χ1) is 21.3. The summed E-state index contributed by atoms with van der Waals surface area (Å²) in [5, 5.41) is 2.91. The average Bonchev–Trinajstić information content (AvgIpc) is 2.96. The molecule has 3 aromatic rings. The SMILES string of the molecule is CC(COC(OCC(C)Cc1ccc(C(C)(C)C)cc1)C(=O)c1ccc(NC(=O)C(C)(C)C)cc1)Cc1ccc(C(C)(C)C)cc1. The Morgan fingerprint density at radius 3 is 1.35 bits per heavy atom. The molecular formula is C41H57NO4. The fourth-order valence-electron chi connectivity index (χ4n) is 5.08. The van der Waals surface area contributed by atoms with Gasteiger partial charge in [-0.25, -0.2) is 0 Å². The first-order valence-corrected chi connectivity index (χ1v) is 16.7. The minimum atomic E-state index is -1.02. The number of Topliss-reactive ketones (excluding diaryl/α,β-unsaturated/α-hetero) is 1. The number of carbonyl (C=O) groups excluding carboxylic acids is 2. The van der Waals surface area contributed by atoms with E-state index in [0.717, 1.165) is 12.8 Å². The number of carbonyl (C=O) groups is 2. The lowest BCUT2D eigenvalue weighted by Gasteiger charge is -2.23. The summed E-state index contributed by atoms with van der Waals surface area (Å²) in [4.78, 5) is 26.1. The molecule has 0 radical (unpaired) electrons. The summed E-state index contributed by atoms with van der Waals surface area (Å²) in [6.07, 6.45) is 0.662. The van der Waals surface area contributed by atoms with Gasteiger partial charge in [0.05, 0.1) is 13.2 Å². The Balaban J connectivity index is 1.68. The van der Waals surface area contributed by atoms with E-state index in [2.05, 4.69) is 109 Å². The number of hydrogen-bond donors (Lipinski definition) is 1. The molecule has 0 aromatic heterocycles. The van der Waals surface area contributed by atoms with Crippen molar-refractivity contribution >= 4 is 17.4 Å². The van der Waals surface area contributed by atoms with Crippen molar-refractivity contribution in [2.45, 2.75) is 106 Å². The minimum absolute atomic E-state index is 0.0832. The largest absolute Gasteiger partial charge is 0.345 e. The maximum Gasteiger partial charge on any atom is 0.229 e. The maximum atomic E-state index is 13.7. The lowest BCUT2D eigenvalue weighted by Crippen LogP contribution is -2.31. The third kappa shape index (κ3) is 11.5. The van der Waals surface area contributed by atoms with Crippen molar-refractivity contribution in [3.8, 4) is 0 Å². The van der Waals surface area contributed by atoms with Crippen molar-refractivity contribution in [1.82, 2.24) is 0 Å². The molecule has 0 spiro atoms. The van der Waals surface area contributed by atoms with E-state index in [1.165, 1.54) is 22.3 Å². The normalized spacial score (nSPS) is 14.4. The number of amides is 1. The highest BCUT2D eigenvalue weighted by molar-refractivity contribution is 5.99.